The highest BCUT2D eigenvalue weighted by molar-refractivity contribution is 5.80. The molecule has 68 heavy (non-hydrogen) atoms. The molecule has 9 unspecified atom stereocenters. The molecule has 1 rings (SSSR count). The third kappa shape index (κ3) is 34.6. The van der Waals surface area contributed by atoms with Crippen molar-refractivity contribution in [3.63, 3.8) is 0 Å². The Kier molecular flexibility index (Phi) is 43.9. The van der Waals surface area contributed by atoms with Gasteiger partial charge in [-0.2, -0.15) is 0 Å². The lowest BCUT2D eigenvalue weighted by molar-refractivity contribution is -0.303. The van der Waals surface area contributed by atoms with Crippen LogP contribution in [0, 0.1) is 0 Å². The van der Waals surface area contributed by atoms with Crippen LogP contribution in [0.3, 0.4) is 0 Å². The van der Waals surface area contributed by atoms with Crippen LogP contribution in [0.4, 0.5) is 0 Å². The fourth-order valence-corrected chi connectivity index (χ4v) is 8.98. The van der Waals surface area contributed by atoms with Gasteiger partial charge < -0.3 is 50.5 Å². The molecule has 0 radical (unpaired) electrons. The van der Waals surface area contributed by atoms with Gasteiger partial charge in [0.2, 0.25) is 5.91 Å². The first kappa shape index (κ1) is 64.3. The second-order valence-corrected chi connectivity index (χ2v) is 20.0. The molecule has 0 aromatic rings. The van der Waals surface area contributed by atoms with E-state index in [9.17, 15) is 40.5 Å². The first-order valence-corrected chi connectivity index (χ1v) is 28.4. The van der Waals surface area contributed by atoms with E-state index in [-0.39, 0.29) is 12.8 Å². The SMILES string of the molecule is CCCCCCCCCCC/C=C/CC/C=C/CCCC(O)C(O)C(COC1OC(CO)C(O)C(O)C1O)NC(=O)C(O)CCCCCCCCC/C=C\CCCCCCCCCCCCCC. The summed E-state index contributed by atoms with van der Waals surface area (Å²) in [5, 5.41) is 76.0. The van der Waals surface area contributed by atoms with E-state index in [2.05, 4.69) is 55.6 Å². The number of carbonyl (C=O) groups is 1. The molecule has 0 bridgehead atoms. The summed E-state index contributed by atoms with van der Waals surface area (Å²) < 4.78 is 11.1. The Morgan fingerprint density at radius 2 is 0.882 bits per heavy atom. The third-order valence-electron chi connectivity index (χ3n) is 13.6. The van der Waals surface area contributed by atoms with Crippen molar-refractivity contribution in [2.75, 3.05) is 13.2 Å². The second kappa shape index (κ2) is 46.4. The predicted molar refractivity (Wildman–Crippen MR) is 279 cm³/mol. The number of nitrogens with one attached hydrogen (secondary N) is 1. The second-order valence-electron chi connectivity index (χ2n) is 20.0. The van der Waals surface area contributed by atoms with Crippen LogP contribution in [0.15, 0.2) is 36.5 Å². The van der Waals surface area contributed by atoms with E-state index in [1.165, 1.54) is 161 Å². The van der Waals surface area contributed by atoms with Crippen LogP contribution in [0.5, 0.6) is 0 Å². The highest BCUT2D eigenvalue weighted by Gasteiger charge is 2.44. The minimum atomic E-state index is -1.67. The van der Waals surface area contributed by atoms with Gasteiger partial charge in [-0.25, -0.2) is 0 Å². The van der Waals surface area contributed by atoms with Crippen LogP contribution in [-0.2, 0) is 14.3 Å². The van der Waals surface area contributed by atoms with Gasteiger partial charge in [-0.05, 0) is 77.0 Å². The molecule has 0 saturated carbocycles. The summed E-state index contributed by atoms with van der Waals surface area (Å²) in [7, 11) is 0. The van der Waals surface area contributed by atoms with Crippen LogP contribution in [0.1, 0.15) is 251 Å². The minimum Gasteiger partial charge on any atom is -0.394 e. The Hall–Kier alpha value is -1.67. The Labute approximate surface area is 416 Å². The maximum atomic E-state index is 13.2. The summed E-state index contributed by atoms with van der Waals surface area (Å²) >= 11 is 0. The van der Waals surface area contributed by atoms with Crippen molar-refractivity contribution >= 4 is 5.91 Å². The van der Waals surface area contributed by atoms with E-state index in [4.69, 9.17) is 9.47 Å². The van der Waals surface area contributed by atoms with Crippen molar-refractivity contribution < 1.29 is 50.0 Å². The van der Waals surface area contributed by atoms with Gasteiger partial charge in [0.1, 0.15) is 36.6 Å². The number of unbranched alkanes of at least 4 members (excludes halogenated alkanes) is 30. The fraction of sp³-hybridized carbons (Fsp3) is 0.877. The highest BCUT2D eigenvalue weighted by atomic mass is 16.7. The molecule has 1 aliphatic rings. The number of amides is 1. The van der Waals surface area contributed by atoms with Crippen molar-refractivity contribution in [1.82, 2.24) is 5.32 Å². The van der Waals surface area contributed by atoms with Crippen molar-refractivity contribution in [3.05, 3.63) is 36.5 Å². The quantitative estimate of drug-likeness (QED) is 0.0215. The number of aliphatic hydroxyl groups is 7. The van der Waals surface area contributed by atoms with Crippen molar-refractivity contribution in [1.29, 1.82) is 0 Å². The molecule has 0 aromatic carbocycles. The molecule has 0 spiro atoms. The molecule has 1 fully saturated rings. The zero-order valence-electron chi connectivity index (χ0n) is 43.6. The smallest absolute Gasteiger partial charge is 0.249 e. The standard InChI is InChI=1S/C57H107NO10/c1-3-5-7-9-11-13-15-17-19-21-23-24-25-26-27-29-31-33-35-37-39-41-43-45-50(61)56(66)58-48(47-67-57-55(65)54(64)53(63)51(46-59)68-57)52(62)49(60)44-42-40-38-36-34-32-30-28-22-20-18-16-14-12-10-8-6-4-2/h26-28,30,36,38,48-55,57,59-65H,3-25,29,31-35,37,39-47H2,1-2H3,(H,58,66)/b27-26-,30-28+,38-36+. The molecule has 1 saturated heterocycles. The van der Waals surface area contributed by atoms with E-state index in [0.717, 1.165) is 44.9 Å². The normalized spacial score (nSPS) is 20.8. The molecule has 11 nitrogen and oxygen atoms in total. The van der Waals surface area contributed by atoms with Crippen LogP contribution in [0.25, 0.3) is 0 Å². The Balaban J connectivity index is 2.36. The van der Waals surface area contributed by atoms with Crippen molar-refractivity contribution in [3.8, 4) is 0 Å². The summed E-state index contributed by atoms with van der Waals surface area (Å²) in [6.45, 7) is 3.45. The van der Waals surface area contributed by atoms with Crippen LogP contribution in [0.2, 0.25) is 0 Å². The lowest BCUT2D eigenvalue weighted by Crippen LogP contribution is -2.60. The van der Waals surface area contributed by atoms with Crippen LogP contribution >= 0.6 is 0 Å². The highest BCUT2D eigenvalue weighted by Crippen LogP contribution is 2.23. The first-order chi connectivity index (χ1) is 33.2. The maximum absolute atomic E-state index is 13.2. The third-order valence-corrected chi connectivity index (χ3v) is 13.6. The van der Waals surface area contributed by atoms with Gasteiger partial charge in [0.25, 0.3) is 0 Å². The van der Waals surface area contributed by atoms with Gasteiger partial charge in [-0.15, -0.1) is 0 Å². The Morgan fingerprint density at radius 1 is 0.500 bits per heavy atom. The summed E-state index contributed by atoms with van der Waals surface area (Å²) in [6.07, 6.45) is 44.8. The predicted octanol–water partition coefficient (Wildman–Crippen LogP) is 11.5. The Morgan fingerprint density at radius 3 is 1.31 bits per heavy atom. The Bertz CT molecular complexity index is 1200. The van der Waals surface area contributed by atoms with Gasteiger partial charge in [-0.3, -0.25) is 4.79 Å². The monoisotopic (exact) mass is 966 g/mol. The molecular formula is C57H107NO10. The molecule has 0 aliphatic carbocycles. The van der Waals surface area contributed by atoms with Gasteiger partial charge in [-0.1, -0.05) is 211 Å². The number of ether oxygens (including phenoxy) is 2. The fourth-order valence-electron chi connectivity index (χ4n) is 8.98. The zero-order valence-corrected chi connectivity index (χ0v) is 43.6. The minimum absolute atomic E-state index is 0.245. The average molecular weight is 966 g/mol. The number of allylic oxidation sites excluding steroid dienone is 6. The van der Waals surface area contributed by atoms with E-state index in [1.54, 1.807) is 0 Å². The lowest BCUT2D eigenvalue weighted by Gasteiger charge is -2.40. The average Bonchev–Trinajstić information content (AvgIpc) is 3.34. The zero-order chi connectivity index (χ0) is 49.7. The molecule has 8 N–H and O–H groups in total. The van der Waals surface area contributed by atoms with Gasteiger partial charge in [0.15, 0.2) is 6.29 Å². The number of carbonyl (C=O) groups excluding carboxylic acids is 1. The van der Waals surface area contributed by atoms with E-state index in [1.807, 2.05) is 0 Å². The van der Waals surface area contributed by atoms with Crippen LogP contribution < -0.4 is 5.32 Å². The van der Waals surface area contributed by atoms with Crippen molar-refractivity contribution in [2.45, 2.75) is 306 Å². The molecule has 1 aliphatic heterocycles. The van der Waals surface area contributed by atoms with Gasteiger partial charge in [0.05, 0.1) is 25.4 Å². The first-order valence-electron chi connectivity index (χ1n) is 28.4. The van der Waals surface area contributed by atoms with Crippen LogP contribution in [-0.4, -0.2) is 110 Å². The molecule has 9 atom stereocenters. The molecule has 0 aromatic heterocycles. The number of aliphatic hydroxyl groups excluding tert-OH is 7. The van der Waals surface area contributed by atoms with E-state index < -0.39 is 74.2 Å². The lowest BCUT2D eigenvalue weighted by atomic mass is 9.98. The molecule has 1 heterocycles. The topological polar surface area (TPSA) is 189 Å². The summed E-state index contributed by atoms with van der Waals surface area (Å²) in [6, 6.07) is -1.19. The molecule has 11 heteroatoms. The largest absolute Gasteiger partial charge is 0.394 e. The van der Waals surface area contributed by atoms with Crippen molar-refractivity contribution in [2.24, 2.45) is 0 Å². The molecule has 1 amide bonds. The summed E-state index contributed by atoms with van der Waals surface area (Å²) in [5.74, 6) is -0.712. The summed E-state index contributed by atoms with van der Waals surface area (Å²) in [5.41, 5.74) is 0. The van der Waals surface area contributed by atoms with E-state index in [0.29, 0.717) is 19.3 Å². The maximum Gasteiger partial charge on any atom is 0.249 e. The number of hydrogen-bond acceptors (Lipinski definition) is 10. The van der Waals surface area contributed by atoms with Gasteiger partial charge in [0, 0.05) is 0 Å². The van der Waals surface area contributed by atoms with E-state index >= 15 is 0 Å². The van der Waals surface area contributed by atoms with Gasteiger partial charge >= 0.3 is 0 Å². The number of rotatable bonds is 48. The summed E-state index contributed by atoms with van der Waals surface area (Å²) in [4.78, 5) is 13.2. The molecular weight excluding hydrogens is 859 g/mol. The number of hydrogen-bond donors (Lipinski definition) is 8. The molecule has 400 valence electrons.